The number of piperidine rings is 1. The number of nitrogens with two attached hydrogens (primary N) is 1. The highest BCUT2D eigenvalue weighted by Gasteiger charge is 2.25. The minimum Gasteiger partial charge on any atom is -0.327 e. The zero-order chi connectivity index (χ0) is 14.7. The summed E-state index contributed by atoms with van der Waals surface area (Å²) >= 11 is 1.79. The number of thiophene rings is 1. The second-order valence-electron chi connectivity index (χ2n) is 6.38. The third-order valence-electron chi connectivity index (χ3n) is 4.28. The van der Waals surface area contributed by atoms with Crippen LogP contribution in [-0.4, -0.2) is 24.0 Å². The summed E-state index contributed by atoms with van der Waals surface area (Å²) in [4.78, 5) is 2.52. The molecule has 2 nitrogen and oxygen atoms in total. The maximum absolute atomic E-state index is 6.28. The lowest BCUT2D eigenvalue weighted by atomic mass is 9.89. The summed E-state index contributed by atoms with van der Waals surface area (Å²) in [6.07, 6.45) is 2.32. The summed E-state index contributed by atoms with van der Waals surface area (Å²) in [6, 6.07) is 11.4. The SMILES string of the molecule is Cc1ccc(CN2CC(N)CC(Cc3ccsc3)C2)cc1. The topological polar surface area (TPSA) is 29.3 Å². The van der Waals surface area contributed by atoms with Crippen LogP contribution in [0.15, 0.2) is 41.1 Å². The summed E-state index contributed by atoms with van der Waals surface area (Å²) in [7, 11) is 0. The van der Waals surface area contributed by atoms with Crippen LogP contribution in [0.25, 0.3) is 0 Å². The smallest absolute Gasteiger partial charge is 0.0234 e. The normalized spacial score (nSPS) is 23.3. The fraction of sp³-hybridized carbons (Fsp3) is 0.444. The highest BCUT2D eigenvalue weighted by atomic mass is 32.1. The number of nitrogens with zero attached hydrogens (tertiary/aromatic N) is 1. The van der Waals surface area contributed by atoms with Gasteiger partial charge in [-0.25, -0.2) is 0 Å². The van der Waals surface area contributed by atoms with Crippen molar-refractivity contribution in [2.45, 2.75) is 32.4 Å². The van der Waals surface area contributed by atoms with Crippen molar-refractivity contribution in [2.75, 3.05) is 13.1 Å². The fourth-order valence-electron chi connectivity index (χ4n) is 3.32. The number of hydrogen-bond donors (Lipinski definition) is 1. The van der Waals surface area contributed by atoms with Crippen molar-refractivity contribution in [2.24, 2.45) is 11.7 Å². The van der Waals surface area contributed by atoms with E-state index in [1.165, 1.54) is 23.1 Å². The molecule has 0 radical (unpaired) electrons. The predicted octanol–water partition coefficient (Wildman–Crippen LogP) is 3.45. The molecule has 3 rings (SSSR count). The van der Waals surface area contributed by atoms with Gasteiger partial charge >= 0.3 is 0 Å². The van der Waals surface area contributed by atoms with Crippen molar-refractivity contribution in [3.63, 3.8) is 0 Å². The molecule has 0 spiro atoms. The van der Waals surface area contributed by atoms with E-state index in [9.17, 15) is 0 Å². The fourth-order valence-corrected chi connectivity index (χ4v) is 4.00. The highest BCUT2D eigenvalue weighted by molar-refractivity contribution is 7.07. The Kier molecular flexibility index (Phi) is 4.73. The Morgan fingerprint density at radius 3 is 2.67 bits per heavy atom. The van der Waals surface area contributed by atoms with Crippen LogP contribution in [0.4, 0.5) is 0 Å². The van der Waals surface area contributed by atoms with Crippen LogP contribution in [0.3, 0.4) is 0 Å². The molecule has 0 amide bonds. The van der Waals surface area contributed by atoms with Gasteiger partial charge in [-0.1, -0.05) is 29.8 Å². The minimum atomic E-state index is 0.313. The summed E-state index contributed by atoms with van der Waals surface area (Å²) in [6.45, 7) is 5.34. The molecule has 1 aromatic carbocycles. The quantitative estimate of drug-likeness (QED) is 0.937. The van der Waals surface area contributed by atoms with E-state index in [1.54, 1.807) is 11.3 Å². The van der Waals surface area contributed by atoms with Gasteiger partial charge in [0.25, 0.3) is 0 Å². The molecule has 0 bridgehead atoms. The number of rotatable bonds is 4. The monoisotopic (exact) mass is 300 g/mol. The first-order valence-corrected chi connectivity index (χ1v) is 8.68. The van der Waals surface area contributed by atoms with Gasteiger partial charge in [0, 0.05) is 25.7 Å². The molecule has 112 valence electrons. The molecule has 21 heavy (non-hydrogen) atoms. The second-order valence-corrected chi connectivity index (χ2v) is 7.16. The summed E-state index contributed by atoms with van der Waals surface area (Å²) in [5.41, 5.74) is 10.5. The lowest BCUT2D eigenvalue weighted by Crippen LogP contribution is -2.47. The van der Waals surface area contributed by atoms with E-state index in [2.05, 4.69) is 52.9 Å². The number of hydrogen-bond acceptors (Lipinski definition) is 3. The van der Waals surface area contributed by atoms with Crippen LogP contribution >= 0.6 is 11.3 Å². The standard InChI is InChI=1S/C18H24N2S/c1-14-2-4-15(5-3-14)10-20-11-17(9-18(19)12-20)8-16-6-7-21-13-16/h2-7,13,17-18H,8-12,19H2,1H3. The third-order valence-corrected chi connectivity index (χ3v) is 5.01. The molecule has 2 unspecified atom stereocenters. The maximum Gasteiger partial charge on any atom is 0.0234 e. The van der Waals surface area contributed by atoms with E-state index in [0.717, 1.165) is 26.1 Å². The van der Waals surface area contributed by atoms with Crippen LogP contribution < -0.4 is 5.73 Å². The van der Waals surface area contributed by atoms with Gasteiger partial charge < -0.3 is 5.73 Å². The zero-order valence-electron chi connectivity index (χ0n) is 12.7. The second kappa shape index (κ2) is 6.73. The van der Waals surface area contributed by atoms with Crippen molar-refractivity contribution in [1.82, 2.24) is 4.90 Å². The number of benzene rings is 1. The zero-order valence-corrected chi connectivity index (χ0v) is 13.5. The Bertz CT molecular complexity index is 547. The van der Waals surface area contributed by atoms with Crippen LogP contribution in [0.1, 0.15) is 23.1 Å². The van der Waals surface area contributed by atoms with Crippen molar-refractivity contribution < 1.29 is 0 Å². The summed E-state index contributed by atoms with van der Waals surface area (Å²) < 4.78 is 0. The molecule has 1 saturated heterocycles. The Morgan fingerprint density at radius 2 is 1.95 bits per heavy atom. The average Bonchev–Trinajstić information content (AvgIpc) is 2.93. The first kappa shape index (κ1) is 14.8. The van der Waals surface area contributed by atoms with E-state index in [1.807, 2.05) is 0 Å². The average molecular weight is 300 g/mol. The van der Waals surface area contributed by atoms with Crippen molar-refractivity contribution in [1.29, 1.82) is 0 Å². The molecule has 1 aromatic heterocycles. The Balaban J connectivity index is 1.61. The van der Waals surface area contributed by atoms with Gasteiger partial charge in [-0.05, 0) is 53.6 Å². The number of aryl methyl sites for hydroxylation is 1. The van der Waals surface area contributed by atoms with E-state index in [4.69, 9.17) is 5.73 Å². The largest absolute Gasteiger partial charge is 0.327 e. The van der Waals surface area contributed by atoms with Crippen LogP contribution in [0.5, 0.6) is 0 Å². The van der Waals surface area contributed by atoms with Crippen LogP contribution in [-0.2, 0) is 13.0 Å². The van der Waals surface area contributed by atoms with E-state index >= 15 is 0 Å². The molecular weight excluding hydrogens is 276 g/mol. The molecule has 2 heterocycles. The molecule has 2 aromatic rings. The lowest BCUT2D eigenvalue weighted by Gasteiger charge is -2.36. The highest BCUT2D eigenvalue weighted by Crippen LogP contribution is 2.23. The van der Waals surface area contributed by atoms with Crippen molar-refractivity contribution in [3.8, 4) is 0 Å². The number of likely N-dealkylation sites (tertiary alicyclic amines) is 1. The first-order chi connectivity index (χ1) is 10.2. The Hall–Kier alpha value is -1.16. The maximum atomic E-state index is 6.28. The molecular formula is C18H24N2S. The Morgan fingerprint density at radius 1 is 1.14 bits per heavy atom. The van der Waals surface area contributed by atoms with Gasteiger partial charge in [0.2, 0.25) is 0 Å². The molecule has 1 fully saturated rings. The third kappa shape index (κ3) is 4.16. The molecule has 1 aliphatic rings. The van der Waals surface area contributed by atoms with Crippen LogP contribution in [0, 0.1) is 12.8 Å². The molecule has 3 heteroatoms. The molecule has 2 N–H and O–H groups in total. The molecule has 0 aliphatic carbocycles. The summed E-state index contributed by atoms with van der Waals surface area (Å²) in [5.74, 6) is 0.689. The Labute approximate surface area is 131 Å². The van der Waals surface area contributed by atoms with E-state index < -0.39 is 0 Å². The minimum absolute atomic E-state index is 0.313. The summed E-state index contributed by atoms with van der Waals surface area (Å²) in [5, 5.41) is 4.44. The first-order valence-electron chi connectivity index (χ1n) is 7.73. The van der Waals surface area contributed by atoms with E-state index in [-0.39, 0.29) is 0 Å². The van der Waals surface area contributed by atoms with Gasteiger partial charge in [-0.15, -0.1) is 0 Å². The van der Waals surface area contributed by atoms with Crippen molar-refractivity contribution in [3.05, 3.63) is 57.8 Å². The molecule has 0 saturated carbocycles. The molecule has 2 atom stereocenters. The lowest BCUT2D eigenvalue weighted by molar-refractivity contribution is 0.149. The van der Waals surface area contributed by atoms with Crippen LogP contribution in [0.2, 0.25) is 0 Å². The van der Waals surface area contributed by atoms with Gasteiger partial charge in [-0.2, -0.15) is 11.3 Å². The van der Waals surface area contributed by atoms with Crippen molar-refractivity contribution >= 4 is 11.3 Å². The predicted molar refractivity (Wildman–Crippen MR) is 90.6 cm³/mol. The van der Waals surface area contributed by atoms with Gasteiger partial charge in [0.05, 0.1) is 0 Å². The molecule has 1 aliphatic heterocycles. The van der Waals surface area contributed by atoms with E-state index in [0.29, 0.717) is 12.0 Å². The van der Waals surface area contributed by atoms with Gasteiger partial charge in [0.15, 0.2) is 0 Å². The van der Waals surface area contributed by atoms with Gasteiger partial charge in [0.1, 0.15) is 0 Å². The van der Waals surface area contributed by atoms with Gasteiger partial charge in [-0.3, -0.25) is 4.90 Å².